The highest BCUT2D eigenvalue weighted by Gasteiger charge is 2.36. The Hall–Kier alpha value is -1.63. The van der Waals surface area contributed by atoms with Gasteiger partial charge in [-0.3, -0.25) is 9.78 Å². The van der Waals surface area contributed by atoms with Crippen molar-refractivity contribution in [1.82, 2.24) is 15.2 Å². The number of hydrogen-bond acceptors (Lipinski definition) is 4. The van der Waals surface area contributed by atoms with Crippen LogP contribution in [0, 0.1) is 11.8 Å². The molecular formula is C11H15N3O3S. The van der Waals surface area contributed by atoms with Crippen molar-refractivity contribution in [1.29, 1.82) is 0 Å². The van der Waals surface area contributed by atoms with Gasteiger partial charge in [0.2, 0.25) is 0 Å². The van der Waals surface area contributed by atoms with E-state index >= 15 is 0 Å². The van der Waals surface area contributed by atoms with Gasteiger partial charge in [0.25, 0.3) is 0 Å². The van der Waals surface area contributed by atoms with Crippen LogP contribution in [0.4, 0.5) is 4.79 Å². The van der Waals surface area contributed by atoms with Crippen molar-refractivity contribution >= 4 is 23.3 Å². The van der Waals surface area contributed by atoms with E-state index in [1.807, 2.05) is 6.92 Å². The fourth-order valence-corrected chi connectivity index (χ4v) is 2.59. The molecule has 0 spiro atoms. The molecule has 7 heteroatoms. The number of carbonyl (C=O) groups is 2. The van der Waals surface area contributed by atoms with Gasteiger partial charge in [0.05, 0.1) is 18.0 Å². The molecule has 1 aromatic heterocycles. The molecule has 2 N–H and O–H groups in total. The molecule has 18 heavy (non-hydrogen) atoms. The topological polar surface area (TPSA) is 82.5 Å². The summed E-state index contributed by atoms with van der Waals surface area (Å²) in [4.78, 5) is 29.3. The predicted octanol–water partition coefficient (Wildman–Crippen LogP) is 1.01. The molecule has 0 radical (unpaired) electrons. The summed E-state index contributed by atoms with van der Waals surface area (Å²) >= 11 is 1.47. The first-order chi connectivity index (χ1) is 8.58. The molecule has 2 rings (SSSR count). The fourth-order valence-electron chi connectivity index (χ4n) is 2.06. The summed E-state index contributed by atoms with van der Waals surface area (Å²) in [6, 6.07) is -0.209. The fraction of sp³-hybridized carbons (Fsp3) is 0.545. The lowest BCUT2D eigenvalue weighted by atomic mass is 9.99. The number of amides is 2. The van der Waals surface area contributed by atoms with Gasteiger partial charge >= 0.3 is 12.0 Å². The lowest BCUT2D eigenvalue weighted by Gasteiger charge is -2.16. The monoisotopic (exact) mass is 269 g/mol. The number of rotatable bonds is 3. The third-order valence-electron chi connectivity index (χ3n) is 3.11. The van der Waals surface area contributed by atoms with Gasteiger partial charge in [-0.15, -0.1) is 11.3 Å². The van der Waals surface area contributed by atoms with Gasteiger partial charge in [0.15, 0.2) is 0 Å². The van der Waals surface area contributed by atoms with Gasteiger partial charge in [-0.05, 0) is 5.92 Å². The van der Waals surface area contributed by atoms with Crippen molar-refractivity contribution in [3.63, 3.8) is 0 Å². The number of nitrogens with zero attached hydrogens (tertiary/aromatic N) is 2. The molecule has 0 aliphatic carbocycles. The van der Waals surface area contributed by atoms with Crippen LogP contribution in [-0.2, 0) is 11.3 Å². The van der Waals surface area contributed by atoms with Crippen LogP contribution < -0.4 is 5.32 Å². The van der Waals surface area contributed by atoms with E-state index in [1.165, 1.54) is 11.3 Å². The number of aromatic nitrogens is 1. The van der Waals surface area contributed by atoms with Gasteiger partial charge in [-0.1, -0.05) is 6.92 Å². The highest BCUT2D eigenvalue weighted by Crippen LogP contribution is 2.23. The minimum Gasteiger partial charge on any atom is -0.481 e. The lowest BCUT2D eigenvalue weighted by Crippen LogP contribution is -2.38. The molecule has 1 aliphatic rings. The Morgan fingerprint density at radius 2 is 2.39 bits per heavy atom. The van der Waals surface area contributed by atoms with Crippen molar-refractivity contribution in [3.05, 3.63) is 16.6 Å². The number of carboxylic acids is 1. The number of hydrogen-bond donors (Lipinski definition) is 2. The normalized spacial score (nSPS) is 23.1. The molecule has 0 aromatic carbocycles. The van der Waals surface area contributed by atoms with Crippen LogP contribution in [-0.4, -0.2) is 40.1 Å². The van der Waals surface area contributed by atoms with Crippen molar-refractivity contribution in [3.8, 4) is 0 Å². The van der Waals surface area contributed by atoms with Crippen LogP contribution in [0.25, 0.3) is 0 Å². The van der Waals surface area contributed by atoms with Crippen LogP contribution in [0.1, 0.15) is 11.8 Å². The van der Waals surface area contributed by atoms with Crippen molar-refractivity contribution in [2.45, 2.75) is 13.5 Å². The predicted molar refractivity (Wildman–Crippen MR) is 66.2 cm³/mol. The van der Waals surface area contributed by atoms with E-state index in [9.17, 15) is 9.59 Å². The number of likely N-dealkylation sites (tertiary alicyclic amines) is 1. The van der Waals surface area contributed by atoms with Crippen LogP contribution in [0.3, 0.4) is 0 Å². The second-order valence-corrected chi connectivity index (χ2v) is 5.42. The maximum atomic E-state index is 11.9. The van der Waals surface area contributed by atoms with E-state index in [4.69, 9.17) is 5.11 Å². The van der Waals surface area contributed by atoms with Crippen molar-refractivity contribution in [2.24, 2.45) is 11.8 Å². The summed E-state index contributed by atoms with van der Waals surface area (Å²) in [5.74, 6) is -1.30. The van der Waals surface area contributed by atoms with Crippen LogP contribution in [0.5, 0.6) is 0 Å². The molecule has 1 aromatic rings. The minimum atomic E-state index is -0.833. The summed E-state index contributed by atoms with van der Waals surface area (Å²) < 4.78 is 0. The maximum Gasteiger partial charge on any atom is 0.317 e. The van der Waals surface area contributed by atoms with Crippen LogP contribution in [0.15, 0.2) is 11.7 Å². The summed E-state index contributed by atoms with van der Waals surface area (Å²) in [6.45, 7) is 3.07. The van der Waals surface area contributed by atoms with E-state index in [2.05, 4.69) is 10.3 Å². The maximum absolute atomic E-state index is 11.9. The highest BCUT2D eigenvalue weighted by molar-refractivity contribution is 7.09. The molecule has 1 fully saturated rings. The number of carboxylic acid groups (broad SMARTS) is 1. The molecule has 0 unspecified atom stereocenters. The Kier molecular flexibility index (Phi) is 3.81. The Morgan fingerprint density at radius 1 is 1.61 bits per heavy atom. The number of aliphatic carboxylic acids is 1. The van der Waals surface area contributed by atoms with Gasteiger partial charge < -0.3 is 15.3 Å². The van der Waals surface area contributed by atoms with Crippen molar-refractivity contribution < 1.29 is 14.7 Å². The van der Waals surface area contributed by atoms with E-state index < -0.39 is 11.9 Å². The Labute approximate surface area is 109 Å². The summed E-state index contributed by atoms with van der Waals surface area (Å²) in [7, 11) is 0. The van der Waals surface area contributed by atoms with Gasteiger partial charge in [0.1, 0.15) is 0 Å². The smallest absolute Gasteiger partial charge is 0.317 e. The summed E-state index contributed by atoms with van der Waals surface area (Å²) in [5, 5.41) is 11.8. The van der Waals surface area contributed by atoms with Gasteiger partial charge in [0, 0.05) is 24.2 Å². The Balaban J connectivity index is 1.85. The Bertz CT molecular complexity index is 435. The minimum absolute atomic E-state index is 0.00310. The van der Waals surface area contributed by atoms with E-state index in [1.54, 1.807) is 16.6 Å². The van der Waals surface area contributed by atoms with Crippen LogP contribution >= 0.6 is 11.3 Å². The highest BCUT2D eigenvalue weighted by atomic mass is 32.1. The van der Waals surface area contributed by atoms with E-state index in [0.29, 0.717) is 13.1 Å². The first-order valence-electron chi connectivity index (χ1n) is 5.71. The number of carbonyl (C=O) groups excluding carboxylic acids is 1. The molecule has 6 nitrogen and oxygen atoms in total. The average Bonchev–Trinajstić information content (AvgIpc) is 2.94. The first kappa shape index (κ1) is 12.8. The molecule has 2 amide bonds. The molecule has 2 heterocycles. The van der Waals surface area contributed by atoms with Crippen LogP contribution in [0.2, 0.25) is 0 Å². The zero-order chi connectivity index (χ0) is 13.1. The number of nitrogens with one attached hydrogen (secondary N) is 1. The van der Waals surface area contributed by atoms with Gasteiger partial charge in [-0.25, -0.2) is 4.79 Å². The lowest BCUT2D eigenvalue weighted by molar-refractivity contribution is -0.142. The number of thiazole rings is 1. The van der Waals surface area contributed by atoms with E-state index in [0.717, 1.165) is 4.88 Å². The molecule has 0 saturated carbocycles. The third-order valence-corrected chi connectivity index (χ3v) is 3.89. The van der Waals surface area contributed by atoms with E-state index in [-0.39, 0.29) is 18.5 Å². The molecule has 0 bridgehead atoms. The average molecular weight is 269 g/mol. The SMILES string of the molecule is C[C@@H]1CN(C(=O)NCc2cncs2)C[C@H]1C(=O)O. The molecular weight excluding hydrogens is 254 g/mol. The Morgan fingerprint density at radius 3 is 2.94 bits per heavy atom. The largest absolute Gasteiger partial charge is 0.481 e. The quantitative estimate of drug-likeness (QED) is 0.857. The second-order valence-electron chi connectivity index (χ2n) is 4.45. The van der Waals surface area contributed by atoms with Gasteiger partial charge in [-0.2, -0.15) is 0 Å². The molecule has 98 valence electrons. The zero-order valence-corrected chi connectivity index (χ0v) is 10.8. The summed E-state index contributed by atoms with van der Waals surface area (Å²) in [6.07, 6.45) is 1.71. The molecule has 1 aliphatic heterocycles. The molecule has 2 atom stereocenters. The van der Waals surface area contributed by atoms with Crippen molar-refractivity contribution in [2.75, 3.05) is 13.1 Å². The second kappa shape index (κ2) is 5.34. The number of urea groups is 1. The first-order valence-corrected chi connectivity index (χ1v) is 6.59. The summed E-state index contributed by atoms with van der Waals surface area (Å²) in [5.41, 5.74) is 1.71. The standard InChI is InChI=1S/C11H15N3O3S/c1-7-4-14(5-9(7)10(15)16)11(17)13-3-8-2-12-6-18-8/h2,6-7,9H,3-5H2,1H3,(H,13,17)(H,15,16)/t7-,9-/m1/s1. The molecule has 1 saturated heterocycles. The third kappa shape index (κ3) is 2.79. The zero-order valence-electron chi connectivity index (χ0n) is 10.00.